The van der Waals surface area contributed by atoms with Crippen molar-refractivity contribution in [1.29, 1.82) is 0 Å². The van der Waals surface area contributed by atoms with Crippen LogP contribution in [-0.2, 0) is 6.42 Å². The Morgan fingerprint density at radius 1 is 1.50 bits per heavy atom. The quantitative estimate of drug-likeness (QED) is 0.775. The molecule has 0 fully saturated rings. The molecule has 0 saturated carbocycles. The first-order chi connectivity index (χ1) is 8.28. The lowest BCUT2D eigenvalue weighted by atomic mass is 9.96. The van der Waals surface area contributed by atoms with Crippen LogP contribution in [0.25, 0.3) is 10.9 Å². The third-order valence-electron chi connectivity index (χ3n) is 2.72. The molecule has 0 radical (unpaired) electrons. The molecule has 0 unspecified atom stereocenters. The fourth-order valence-electron chi connectivity index (χ4n) is 2.05. The van der Waals surface area contributed by atoms with Gasteiger partial charge in [0.25, 0.3) is 5.91 Å². The Labute approximate surface area is 104 Å². The van der Waals surface area contributed by atoms with Gasteiger partial charge < -0.3 is 15.8 Å². The summed E-state index contributed by atoms with van der Waals surface area (Å²) in [7, 11) is 0. The summed E-state index contributed by atoms with van der Waals surface area (Å²) >= 11 is 0. The number of carbonyl (C=O) groups is 1. The maximum Gasteiger partial charge on any atom is 0.265 e. The number of aromatic nitrogens is 1. The van der Waals surface area contributed by atoms with Gasteiger partial charge in [0.2, 0.25) is 0 Å². The molecule has 1 aromatic heterocycles. The highest BCUT2D eigenvalue weighted by atomic mass is 19.1. The van der Waals surface area contributed by atoms with E-state index in [4.69, 9.17) is 5.73 Å². The van der Waals surface area contributed by atoms with E-state index in [0.29, 0.717) is 16.5 Å². The molecule has 0 saturated heterocycles. The van der Waals surface area contributed by atoms with Crippen molar-refractivity contribution in [2.45, 2.75) is 25.9 Å². The summed E-state index contributed by atoms with van der Waals surface area (Å²) < 4.78 is 13.3. The van der Waals surface area contributed by atoms with Gasteiger partial charge in [-0.2, -0.15) is 0 Å². The van der Waals surface area contributed by atoms with Gasteiger partial charge in [0.05, 0.1) is 5.60 Å². The lowest BCUT2D eigenvalue weighted by molar-refractivity contribution is 0.0808. The number of hydrogen-bond donors (Lipinski definition) is 3. The summed E-state index contributed by atoms with van der Waals surface area (Å²) in [5, 5.41) is 10.4. The lowest BCUT2D eigenvalue weighted by Crippen LogP contribution is -2.24. The Hall–Kier alpha value is -1.88. The SMILES string of the molecule is CC(C)(O)Cc1c(C(N)=O)[nH]c2ccc(F)cc12. The minimum absolute atomic E-state index is 0.217. The van der Waals surface area contributed by atoms with E-state index in [1.165, 1.54) is 12.1 Å². The smallest absolute Gasteiger partial charge is 0.265 e. The maximum absolute atomic E-state index is 13.3. The molecule has 1 amide bonds. The normalized spacial score (nSPS) is 12.0. The number of rotatable bonds is 3. The van der Waals surface area contributed by atoms with Gasteiger partial charge in [-0.25, -0.2) is 4.39 Å². The number of fused-ring (bicyclic) bond motifs is 1. The summed E-state index contributed by atoms with van der Waals surface area (Å²) in [6.07, 6.45) is 0.217. The third-order valence-corrected chi connectivity index (χ3v) is 2.72. The minimum Gasteiger partial charge on any atom is -0.390 e. The summed E-state index contributed by atoms with van der Waals surface area (Å²) in [5.74, 6) is -1.01. The second-order valence-electron chi connectivity index (χ2n) is 5.02. The molecule has 0 bridgehead atoms. The molecule has 2 rings (SSSR count). The van der Waals surface area contributed by atoms with Crippen LogP contribution < -0.4 is 5.73 Å². The highest BCUT2D eigenvalue weighted by Crippen LogP contribution is 2.26. The average Bonchev–Trinajstić information content (AvgIpc) is 2.55. The number of nitrogens with one attached hydrogen (secondary N) is 1. The van der Waals surface area contributed by atoms with Crippen molar-refractivity contribution in [3.8, 4) is 0 Å². The molecule has 0 aliphatic rings. The van der Waals surface area contributed by atoms with Crippen LogP contribution in [-0.4, -0.2) is 21.6 Å². The Balaban J connectivity index is 2.68. The van der Waals surface area contributed by atoms with Crippen molar-refractivity contribution in [3.05, 3.63) is 35.3 Å². The van der Waals surface area contributed by atoms with E-state index in [1.54, 1.807) is 19.9 Å². The van der Waals surface area contributed by atoms with Crippen molar-refractivity contribution in [2.75, 3.05) is 0 Å². The lowest BCUT2D eigenvalue weighted by Gasteiger charge is -2.17. The number of aromatic amines is 1. The van der Waals surface area contributed by atoms with Crippen LogP contribution in [0.4, 0.5) is 4.39 Å². The predicted molar refractivity (Wildman–Crippen MR) is 66.8 cm³/mol. The minimum atomic E-state index is -1.01. The Kier molecular flexibility index (Phi) is 2.86. The van der Waals surface area contributed by atoms with Crippen LogP contribution in [0.1, 0.15) is 29.9 Å². The van der Waals surface area contributed by atoms with E-state index in [0.717, 1.165) is 0 Å². The average molecular weight is 250 g/mol. The number of nitrogens with two attached hydrogens (primary N) is 1. The molecule has 1 aromatic carbocycles. The van der Waals surface area contributed by atoms with Crippen molar-refractivity contribution in [2.24, 2.45) is 5.73 Å². The predicted octanol–water partition coefficient (Wildman–Crippen LogP) is 1.72. The van der Waals surface area contributed by atoms with Gasteiger partial charge >= 0.3 is 0 Å². The summed E-state index contributed by atoms with van der Waals surface area (Å²) in [6, 6.07) is 4.18. The van der Waals surface area contributed by atoms with Crippen LogP contribution in [0, 0.1) is 5.82 Å². The van der Waals surface area contributed by atoms with E-state index in [-0.39, 0.29) is 12.1 Å². The second-order valence-corrected chi connectivity index (χ2v) is 5.02. The molecule has 0 aliphatic heterocycles. The zero-order valence-electron chi connectivity index (χ0n) is 10.2. The first-order valence-corrected chi connectivity index (χ1v) is 5.60. The van der Waals surface area contributed by atoms with E-state index in [9.17, 15) is 14.3 Å². The molecule has 2 aromatic rings. The summed E-state index contributed by atoms with van der Waals surface area (Å²) in [4.78, 5) is 14.2. The molecule has 0 spiro atoms. The van der Waals surface area contributed by atoms with Crippen molar-refractivity contribution >= 4 is 16.8 Å². The molecule has 5 heteroatoms. The van der Waals surface area contributed by atoms with Gasteiger partial charge in [0, 0.05) is 17.3 Å². The first kappa shape index (κ1) is 12.6. The van der Waals surface area contributed by atoms with E-state index in [2.05, 4.69) is 4.98 Å². The topological polar surface area (TPSA) is 79.1 Å². The monoisotopic (exact) mass is 250 g/mol. The number of halogens is 1. The Morgan fingerprint density at radius 2 is 2.17 bits per heavy atom. The molecule has 4 nitrogen and oxygen atoms in total. The molecule has 4 N–H and O–H groups in total. The van der Waals surface area contributed by atoms with Crippen LogP contribution in [0.3, 0.4) is 0 Å². The summed E-state index contributed by atoms with van der Waals surface area (Å²) in [5.41, 5.74) is 5.68. The van der Waals surface area contributed by atoms with Crippen LogP contribution in [0.2, 0.25) is 0 Å². The van der Waals surface area contributed by atoms with Gasteiger partial charge in [-0.1, -0.05) is 0 Å². The number of benzene rings is 1. The van der Waals surface area contributed by atoms with Gasteiger partial charge in [-0.15, -0.1) is 0 Å². The largest absolute Gasteiger partial charge is 0.390 e. The van der Waals surface area contributed by atoms with Crippen LogP contribution in [0.5, 0.6) is 0 Å². The fourth-order valence-corrected chi connectivity index (χ4v) is 2.05. The molecule has 0 aliphatic carbocycles. The standard InChI is InChI=1S/C13H15FN2O2/c1-13(2,18)6-9-8-5-7(14)3-4-10(8)16-11(9)12(15)17/h3-5,16,18H,6H2,1-2H3,(H2,15,17). The van der Waals surface area contributed by atoms with E-state index in [1.807, 2.05) is 0 Å². The first-order valence-electron chi connectivity index (χ1n) is 5.60. The fraction of sp³-hybridized carbons (Fsp3) is 0.308. The number of H-pyrrole nitrogens is 1. The van der Waals surface area contributed by atoms with Crippen molar-refractivity contribution < 1.29 is 14.3 Å². The third kappa shape index (κ3) is 2.36. The number of primary amides is 1. The van der Waals surface area contributed by atoms with Crippen LogP contribution in [0.15, 0.2) is 18.2 Å². The second kappa shape index (κ2) is 4.10. The zero-order chi connectivity index (χ0) is 13.5. The molecular weight excluding hydrogens is 235 g/mol. The molecule has 18 heavy (non-hydrogen) atoms. The van der Waals surface area contributed by atoms with Gasteiger partial charge in [0.1, 0.15) is 11.5 Å². The molecule has 1 heterocycles. The van der Waals surface area contributed by atoms with Gasteiger partial charge in [0.15, 0.2) is 0 Å². The van der Waals surface area contributed by atoms with Gasteiger partial charge in [-0.3, -0.25) is 4.79 Å². The van der Waals surface area contributed by atoms with Crippen molar-refractivity contribution in [3.63, 3.8) is 0 Å². The molecular formula is C13H15FN2O2. The van der Waals surface area contributed by atoms with Crippen molar-refractivity contribution in [1.82, 2.24) is 4.98 Å². The summed E-state index contributed by atoms with van der Waals surface area (Å²) in [6.45, 7) is 3.24. The highest BCUT2D eigenvalue weighted by Gasteiger charge is 2.22. The number of hydrogen-bond acceptors (Lipinski definition) is 2. The molecule has 0 atom stereocenters. The highest BCUT2D eigenvalue weighted by molar-refractivity contribution is 6.00. The Bertz CT molecular complexity index is 611. The number of carbonyl (C=O) groups excluding carboxylic acids is 1. The number of aliphatic hydroxyl groups is 1. The number of amides is 1. The zero-order valence-corrected chi connectivity index (χ0v) is 10.2. The van der Waals surface area contributed by atoms with Gasteiger partial charge in [-0.05, 0) is 37.6 Å². The van der Waals surface area contributed by atoms with E-state index >= 15 is 0 Å². The Morgan fingerprint density at radius 3 is 2.72 bits per heavy atom. The maximum atomic E-state index is 13.3. The van der Waals surface area contributed by atoms with E-state index < -0.39 is 17.3 Å². The van der Waals surface area contributed by atoms with Crippen LogP contribution >= 0.6 is 0 Å². The molecule has 96 valence electrons.